The molecule has 3 rings (SSSR count). The molecule has 0 bridgehead atoms. The first-order valence-electron chi connectivity index (χ1n) is 8.61. The summed E-state index contributed by atoms with van der Waals surface area (Å²) in [5, 5.41) is 2.43. The lowest BCUT2D eigenvalue weighted by Gasteiger charge is -2.24. The molecule has 1 aromatic carbocycles. The Balaban J connectivity index is 1.73. The quantitative estimate of drug-likeness (QED) is 0.836. The van der Waals surface area contributed by atoms with Gasteiger partial charge in [-0.1, -0.05) is 0 Å². The third-order valence-corrected chi connectivity index (χ3v) is 5.43. The van der Waals surface area contributed by atoms with Crippen LogP contribution < -0.4 is 15.1 Å². The number of methoxy groups -OCH3 is 1. The second kappa shape index (κ2) is 8.64. The maximum atomic E-state index is 14.7. The fourth-order valence-corrected chi connectivity index (χ4v) is 3.97. The molecule has 148 valence electrons. The fourth-order valence-electron chi connectivity index (χ4n) is 3.09. The summed E-state index contributed by atoms with van der Waals surface area (Å²) in [5.41, 5.74) is 0.0289. The van der Waals surface area contributed by atoms with Crippen LogP contribution in [-0.2, 0) is 9.47 Å². The Bertz CT molecular complexity index is 690. The molecule has 0 spiro atoms. The smallest absolute Gasteiger partial charge is 0.414 e. The third-order valence-electron chi connectivity index (χ3n) is 4.39. The van der Waals surface area contributed by atoms with E-state index in [4.69, 9.17) is 4.74 Å². The molecule has 0 saturated carbocycles. The zero-order valence-electron chi connectivity index (χ0n) is 14.9. The van der Waals surface area contributed by atoms with E-state index in [0.29, 0.717) is 13.1 Å². The highest BCUT2D eigenvalue weighted by Gasteiger charge is 2.34. The molecule has 1 unspecified atom stereocenters. The van der Waals surface area contributed by atoms with Gasteiger partial charge in [0.15, 0.2) is 11.6 Å². The van der Waals surface area contributed by atoms with Crippen LogP contribution in [0.5, 0.6) is 0 Å². The predicted octanol–water partition coefficient (Wildman–Crippen LogP) is 2.59. The van der Waals surface area contributed by atoms with E-state index in [-0.39, 0.29) is 24.5 Å². The van der Waals surface area contributed by atoms with Crippen LogP contribution in [0.2, 0.25) is 0 Å². The van der Waals surface area contributed by atoms with Crippen molar-refractivity contribution >= 4 is 35.3 Å². The monoisotopic (exact) mass is 401 g/mol. The molecule has 0 radical (unpaired) electrons. The van der Waals surface area contributed by atoms with Crippen molar-refractivity contribution in [1.82, 2.24) is 5.32 Å². The fraction of sp³-hybridized carbons (Fsp3) is 0.529. The zero-order valence-corrected chi connectivity index (χ0v) is 15.7. The number of alkyl carbamates (subject to hydrolysis) is 1. The first kappa shape index (κ1) is 19.5. The molecule has 2 saturated heterocycles. The van der Waals surface area contributed by atoms with E-state index in [1.54, 1.807) is 16.7 Å². The molecule has 2 aliphatic heterocycles. The van der Waals surface area contributed by atoms with Gasteiger partial charge < -0.3 is 19.7 Å². The molecule has 10 heteroatoms. The Morgan fingerprint density at radius 3 is 2.78 bits per heavy atom. The van der Waals surface area contributed by atoms with Crippen LogP contribution in [0, 0.1) is 11.6 Å². The van der Waals surface area contributed by atoms with Gasteiger partial charge in [0.05, 0.1) is 25.9 Å². The second-order valence-electron chi connectivity index (χ2n) is 6.20. The van der Waals surface area contributed by atoms with E-state index in [2.05, 4.69) is 10.1 Å². The molecule has 1 aromatic rings. The summed E-state index contributed by atoms with van der Waals surface area (Å²) in [4.78, 5) is 26.0. The number of nitrogens with zero attached hydrogens (tertiary/aromatic N) is 2. The van der Waals surface area contributed by atoms with Crippen molar-refractivity contribution in [2.24, 2.45) is 0 Å². The number of anilines is 2. The number of cyclic esters (lactones) is 1. The van der Waals surface area contributed by atoms with Crippen molar-refractivity contribution in [3.63, 3.8) is 0 Å². The van der Waals surface area contributed by atoms with Gasteiger partial charge in [-0.2, -0.15) is 11.8 Å². The largest absolute Gasteiger partial charge is 0.453 e. The van der Waals surface area contributed by atoms with Crippen molar-refractivity contribution in [2.45, 2.75) is 12.5 Å². The highest BCUT2D eigenvalue weighted by atomic mass is 32.2. The highest BCUT2D eigenvalue weighted by molar-refractivity contribution is 7.99. The molecular weight excluding hydrogens is 380 g/mol. The van der Waals surface area contributed by atoms with E-state index in [1.165, 1.54) is 7.11 Å². The number of carbonyl (C=O) groups is 2. The number of benzene rings is 1. The zero-order chi connectivity index (χ0) is 19.4. The van der Waals surface area contributed by atoms with Gasteiger partial charge in [-0.05, 0) is 12.2 Å². The first-order valence-corrected chi connectivity index (χ1v) is 9.76. The maximum absolute atomic E-state index is 14.7. The summed E-state index contributed by atoms with van der Waals surface area (Å²) in [6.07, 6.45) is -1.14. The van der Waals surface area contributed by atoms with Crippen LogP contribution >= 0.6 is 11.8 Å². The van der Waals surface area contributed by atoms with Crippen LogP contribution in [0.1, 0.15) is 6.42 Å². The van der Waals surface area contributed by atoms with Gasteiger partial charge in [0.1, 0.15) is 11.8 Å². The Labute approximate surface area is 160 Å². The number of ether oxygens (including phenoxy) is 2. The van der Waals surface area contributed by atoms with Gasteiger partial charge >= 0.3 is 12.2 Å². The topological polar surface area (TPSA) is 71.1 Å². The molecule has 0 aromatic heterocycles. The molecule has 0 aliphatic carbocycles. The number of carbonyl (C=O) groups excluding carboxylic acids is 2. The van der Waals surface area contributed by atoms with E-state index in [9.17, 15) is 18.4 Å². The number of amides is 2. The molecule has 1 atom stereocenters. The van der Waals surface area contributed by atoms with Gasteiger partial charge in [-0.3, -0.25) is 4.90 Å². The lowest BCUT2D eigenvalue weighted by molar-refractivity contribution is 0.132. The summed E-state index contributed by atoms with van der Waals surface area (Å²) in [6, 6.07) is 2.29. The standard InChI is InChI=1S/C17H21F2N3O4S/c1-25-16(23)20-9-12-10-22(17(24)26-12)11-7-13(18)15(14(19)8-11)21-3-2-5-27-6-4-21/h7-8,12H,2-6,9-10H2,1H3,(H,20,23). The highest BCUT2D eigenvalue weighted by Crippen LogP contribution is 2.32. The predicted molar refractivity (Wildman–Crippen MR) is 98.5 cm³/mol. The Morgan fingerprint density at radius 1 is 1.33 bits per heavy atom. The third kappa shape index (κ3) is 4.55. The van der Waals surface area contributed by atoms with Crippen LogP contribution in [-0.4, -0.2) is 63.1 Å². The molecule has 7 nitrogen and oxygen atoms in total. The van der Waals surface area contributed by atoms with Gasteiger partial charge in [-0.15, -0.1) is 0 Å². The molecule has 1 N–H and O–H groups in total. The maximum Gasteiger partial charge on any atom is 0.414 e. The molecular formula is C17H21F2N3O4S. The molecule has 27 heavy (non-hydrogen) atoms. The number of halogens is 2. The molecule has 2 aliphatic rings. The van der Waals surface area contributed by atoms with E-state index in [1.807, 2.05) is 0 Å². The van der Waals surface area contributed by atoms with Gasteiger partial charge in [0.2, 0.25) is 0 Å². The number of rotatable bonds is 4. The summed E-state index contributed by atoms with van der Waals surface area (Å²) >= 11 is 1.76. The lowest BCUT2D eigenvalue weighted by atomic mass is 10.2. The van der Waals surface area contributed by atoms with Crippen molar-refractivity contribution in [3.8, 4) is 0 Å². The average Bonchev–Trinajstić information content (AvgIpc) is 2.82. The minimum Gasteiger partial charge on any atom is -0.453 e. The van der Waals surface area contributed by atoms with Crippen molar-refractivity contribution < 1.29 is 27.8 Å². The van der Waals surface area contributed by atoms with Crippen molar-refractivity contribution in [2.75, 3.05) is 54.6 Å². The lowest BCUT2D eigenvalue weighted by Crippen LogP contribution is -2.34. The summed E-state index contributed by atoms with van der Waals surface area (Å²) in [7, 11) is 1.22. The van der Waals surface area contributed by atoms with Gasteiger partial charge in [-0.25, -0.2) is 18.4 Å². The Hall–Kier alpha value is -2.23. The van der Waals surface area contributed by atoms with Crippen molar-refractivity contribution in [1.29, 1.82) is 0 Å². The second-order valence-corrected chi connectivity index (χ2v) is 7.42. The minimum atomic E-state index is -0.718. The Morgan fingerprint density at radius 2 is 2.07 bits per heavy atom. The normalized spacial score (nSPS) is 20.3. The van der Waals surface area contributed by atoms with E-state index < -0.39 is 29.9 Å². The van der Waals surface area contributed by atoms with Crippen LogP contribution in [0.4, 0.5) is 29.7 Å². The number of nitrogens with one attached hydrogen (secondary N) is 1. The Kier molecular flexibility index (Phi) is 6.25. The SMILES string of the molecule is COC(=O)NCC1CN(c2cc(F)c(N3CCCSCC3)c(F)c2)C(=O)O1. The summed E-state index contributed by atoms with van der Waals surface area (Å²) in [6.45, 7) is 1.28. The number of hydrogen-bond donors (Lipinski definition) is 1. The van der Waals surface area contributed by atoms with Gasteiger partial charge in [0, 0.05) is 31.0 Å². The van der Waals surface area contributed by atoms with Crippen LogP contribution in [0.25, 0.3) is 0 Å². The van der Waals surface area contributed by atoms with E-state index >= 15 is 0 Å². The number of thioether (sulfide) groups is 1. The molecule has 2 fully saturated rings. The number of hydrogen-bond acceptors (Lipinski definition) is 6. The van der Waals surface area contributed by atoms with Crippen molar-refractivity contribution in [3.05, 3.63) is 23.8 Å². The first-order chi connectivity index (χ1) is 13.0. The van der Waals surface area contributed by atoms with E-state index in [0.717, 1.165) is 35.0 Å². The molecule has 2 heterocycles. The van der Waals surface area contributed by atoms with Gasteiger partial charge in [0.25, 0.3) is 0 Å². The average molecular weight is 401 g/mol. The summed E-state index contributed by atoms with van der Waals surface area (Å²) in [5.74, 6) is 0.369. The minimum absolute atomic E-state index is 0.0450. The summed E-state index contributed by atoms with van der Waals surface area (Å²) < 4.78 is 38.9. The molecule has 2 amide bonds. The van der Waals surface area contributed by atoms with Crippen LogP contribution in [0.15, 0.2) is 12.1 Å². The van der Waals surface area contributed by atoms with Crippen LogP contribution in [0.3, 0.4) is 0 Å².